The lowest BCUT2D eigenvalue weighted by molar-refractivity contribution is -0.131. The first-order valence-electron chi connectivity index (χ1n) is 8.99. The number of carbonyl (C=O) groups excluding carboxylic acids is 1. The largest absolute Gasteiger partial charge is 0.494 e. The van der Waals surface area contributed by atoms with Crippen molar-refractivity contribution >= 4 is 11.6 Å². The first-order chi connectivity index (χ1) is 12.2. The van der Waals surface area contributed by atoms with Gasteiger partial charge >= 0.3 is 0 Å². The van der Waals surface area contributed by atoms with E-state index >= 15 is 0 Å². The Labute approximate surface area is 150 Å². The maximum atomic E-state index is 12.4. The van der Waals surface area contributed by atoms with Crippen molar-refractivity contribution in [3.8, 4) is 5.75 Å². The van der Waals surface area contributed by atoms with Crippen molar-refractivity contribution in [3.05, 3.63) is 60.2 Å². The summed E-state index contributed by atoms with van der Waals surface area (Å²) in [4.78, 5) is 16.7. The number of amides is 1. The van der Waals surface area contributed by atoms with E-state index in [0.717, 1.165) is 38.3 Å². The minimum atomic E-state index is 0.237. The van der Waals surface area contributed by atoms with Crippen LogP contribution in [-0.4, -0.2) is 43.6 Å². The zero-order valence-electron chi connectivity index (χ0n) is 14.9. The molecule has 1 aliphatic heterocycles. The van der Waals surface area contributed by atoms with Gasteiger partial charge in [-0.25, -0.2) is 0 Å². The van der Waals surface area contributed by atoms with Crippen molar-refractivity contribution in [1.29, 1.82) is 0 Å². The summed E-state index contributed by atoms with van der Waals surface area (Å²) < 4.78 is 5.72. The third-order valence-corrected chi connectivity index (χ3v) is 4.55. The van der Waals surface area contributed by atoms with Gasteiger partial charge in [-0.3, -0.25) is 4.79 Å². The van der Waals surface area contributed by atoms with Crippen molar-refractivity contribution in [2.75, 3.05) is 37.7 Å². The number of hydrogen-bond donors (Lipinski definition) is 0. The standard InChI is InChI=1S/C21H26N2O2/c1-18-7-5-10-20(17-18)25-16-6-11-21(24)23-14-12-22(13-15-23)19-8-3-2-4-9-19/h2-5,7-10,17H,6,11-16H2,1H3. The Morgan fingerprint density at radius 3 is 2.48 bits per heavy atom. The van der Waals surface area contributed by atoms with Crippen molar-refractivity contribution in [1.82, 2.24) is 4.90 Å². The predicted octanol–water partition coefficient (Wildman–Crippen LogP) is 3.50. The molecule has 2 aromatic carbocycles. The molecule has 132 valence electrons. The molecule has 0 aliphatic carbocycles. The summed E-state index contributed by atoms with van der Waals surface area (Å²) in [5, 5.41) is 0. The number of benzene rings is 2. The monoisotopic (exact) mass is 338 g/mol. The SMILES string of the molecule is Cc1cccc(OCCCC(=O)N2CCN(c3ccccc3)CC2)c1. The molecule has 0 saturated carbocycles. The molecular weight excluding hydrogens is 312 g/mol. The normalized spacial score (nSPS) is 14.4. The lowest BCUT2D eigenvalue weighted by Crippen LogP contribution is -2.48. The van der Waals surface area contributed by atoms with E-state index in [1.165, 1.54) is 11.3 Å². The highest BCUT2D eigenvalue weighted by Crippen LogP contribution is 2.16. The molecule has 0 spiro atoms. The molecule has 0 aromatic heterocycles. The number of ether oxygens (including phenoxy) is 1. The second kappa shape index (κ2) is 8.56. The molecule has 0 unspecified atom stereocenters. The van der Waals surface area contributed by atoms with E-state index in [2.05, 4.69) is 29.2 Å². The first-order valence-corrected chi connectivity index (χ1v) is 8.99. The number of anilines is 1. The fourth-order valence-electron chi connectivity index (χ4n) is 3.13. The molecule has 1 fully saturated rings. The number of hydrogen-bond acceptors (Lipinski definition) is 3. The summed E-state index contributed by atoms with van der Waals surface area (Å²) in [5.74, 6) is 1.12. The Morgan fingerprint density at radius 1 is 1.00 bits per heavy atom. The van der Waals surface area contributed by atoms with Crippen LogP contribution in [-0.2, 0) is 4.79 Å². The van der Waals surface area contributed by atoms with E-state index in [9.17, 15) is 4.79 Å². The van der Waals surface area contributed by atoms with Gasteiger partial charge < -0.3 is 14.5 Å². The highest BCUT2D eigenvalue weighted by atomic mass is 16.5. The van der Waals surface area contributed by atoms with E-state index in [1.54, 1.807) is 0 Å². The van der Waals surface area contributed by atoms with Crippen LogP contribution in [0.3, 0.4) is 0 Å². The van der Waals surface area contributed by atoms with Crippen LogP contribution in [0.25, 0.3) is 0 Å². The van der Waals surface area contributed by atoms with E-state index < -0.39 is 0 Å². The van der Waals surface area contributed by atoms with E-state index in [1.807, 2.05) is 42.2 Å². The zero-order chi connectivity index (χ0) is 17.5. The lowest BCUT2D eigenvalue weighted by atomic mass is 10.2. The van der Waals surface area contributed by atoms with Crippen molar-refractivity contribution in [2.24, 2.45) is 0 Å². The number of rotatable bonds is 6. The van der Waals surface area contributed by atoms with Gasteiger partial charge in [0.15, 0.2) is 0 Å². The van der Waals surface area contributed by atoms with Crippen LogP contribution in [0, 0.1) is 6.92 Å². The Balaban J connectivity index is 1.37. The van der Waals surface area contributed by atoms with Gasteiger partial charge in [-0.15, -0.1) is 0 Å². The van der Waals surface area contributed by atoms with Crippen LogP contribution in [0.2, 0.25) is 0 Å². The Kier molecular flexibility index (Phi) is 5.94. The average Bonchev–Trinajstić information content (AvgIpc) is 2.66. The molecule has 4 heteroatoms. The molecule has 0 atom stereocenters. The Bertz CT molecular complexity index is 679. The molecule has 1 amide bonds. The number of piperazine rings is 1. The van der Waals surface area contributed by atoms with Crippen LogP contribution >= 0.6 is 0 Å². The fraction of sp³-hybridized carbons (Fsp3) is 0.381. The second-order valence-corrected chi connectivity index (χ2v) is 6.47. The van der Waals surface area contributed by atoms with Gasteiger partial charge in [-0.05, 0) is 43.2 Å². The van der Waals surface area contributed by atoms with E-state index in [4.69, 9.17) is 4.74 Å². The smallest absolute Gasteiger partial charge is 0.222 e. The number of para-hydroxylation sites is 1. The molecule has 0 bridgehead atoms. The maximum absolute atomic E-state index is 12.4. The van der Waals surface area contributed by atoms with Crippen LogP contribution in [0.5, 0.6) is 5.75 Å². The van der Waals surface area contributed by atoms with Gasteiger partial charge in [0.1, 0.15) is 5.75 Å². The van der Waals surface area contributed by atoms with Gasteiger partial charge in [0.2, 0.25) is 5.91 Å². The molecule has 0 N–H and O–H groups in total. The van der Waals surface area contributed by atoms with Gasteiger partial charge in [-0.1, -0.05) is 30.3 Å². The predicted molar refractivity (Wildman–Crippen MR) is 101 cm³/mol. The summed E-state index contributed by atoms with van der Waals surface area (Å²) in [6.07, 6.45) is 1.31. The molecule has 4 nitrogen and oxygen atoms in total. The Morgan fingerprint density at radius 2 is 1.76 bits per heavy atom. The van der Waals surface area contributed by atoms with Gasteiger partial charge in [0.25, 0.3) is 0 Å². The summed E-state index contributed by atoms with van der Waals surface area (Å²) in [6, 6.07) is 18.4. The third kappa shape index (κ3) is 4.99. The van der Waals surface area contributed by atoms with Crippen molar-refractivity contribution in [2.45, 2.75) is 19.8 Å². The number of aryl methyl sites for hydroxylation is 1. The van der Waals surface area contributed by atoms with Crippen molar-refractivity contribution in [3.63, 3.8) is 0 Å². The molecule has 3 rings (SSSR count). The quantitative estimate of drug-likeness (QED) is 0.756. The summed E-state index contributed by atoms with van der Waals surface area (Å²) in [5.41, 5.74) is 2.42. The molecule has 2 aromatic rings. The molecule has 0 radical (unpaired) electrons. The van der Waals surface area contributed by atoms with Gasteiger partial charge in [-0.2, -0.15) is 0 Å². The maximum Gasteiger partial charge on any atom is 0.222 e. The van der Waals surface area contributed by atoms with Crippen LogP contribution in [0.1, 0.15) is 18.4 Å². The summed E-state index contributed by atoms with van der Waals surface area (Å²) in [6.45, 7) is 6.02. The van der Waals surface area contributed by atoms with E-state index in [-0.39, 0.29) is 5.91 Å². The highest BCUT2D eigenvalue weighted by molar-refractivity contribution is 5.76. The van der Waals surface area contributed by atoms with Crippen LogP contribution in [0.15, 0.2) is 54.6 Å². The van der Waals surface area contributed by atoms with Gasteiger partial charge in [0.05, 0.1) is 6.61 Å². The first kappa shape index (κ1) is 17.3. The zero-order valence-corrected chi connectivity index (χ0v) is 14.9. The topological polar surface area (TPSA) is 32.8 Å². The average molecular weight is 338 g/mol. The van der Waals surface area contributed by atoms with Crippen LogP contribution < -0.4 is 9.64 Å². The van der Waals surface area contributed by atoms with Gasteiger partial charge in [0, 0.05) is 38.3 Å². The number of carbonyl (C=O) groups is 1. The highest BCUT2D eigenvalue weighted by Gasteiger charge is 2.20. The lowest BCUT2D eigenvalue weighted by Gasteiger charge is -2.36. The molecule has 1 aliphatic rings. The van der Waals surface area contributed by atoms with Crippen molar-refractivity contribution < 1.29 is 9.53 Å². The minimum absolute atomic E-state index is 0.237. The third-order valence-electron chi connectivity index (χ3n) is 4.55. The summed E-state index contributed by atoms with van der Waals surface area (Å²) >= 11 is 0. The second-order valence-electron chi connectivity index (χ2n) is 6.47. The molecule has 1 saturated heterocycles. The van der Waals surface area contributed by atoms with E-state index in [0.29, 0.717) is 13.0 Å². The molecular formula is C21H26N2O2. The summed E-state index contributed by atoms with van der Waals surface area (Å²) in [7, 11) is 0. The molecule has 1 heterocycles. The fourth-order valence-corrected chi connectivity index (χ4v) is 3.13. The van der Waals surface area contributed by atoms with Crippen LogP contribution in [0.4, 0.5) is 5.69 Å². The Hall–Kier alpha value is -2.49. The molecule has 25 heavy (non-hydrogen) atoms. The minimum Gasteiger partial charge on any atom is -0.494 e. The number of nitrogens with zero attached hydrogens (tertiary/aromatic N) is 2.